The Morgan fingerprint density at radius 3 is 1.84 bits per heavy atom. The summed E-state index contributed by atoms with van der Waals surface area (Å²) < 4.78 is 111. The molecule has 0 amide bonds. The van der Waals surface area contributed by atoms with Crippen LogP contribution in [0.4, 0.5) is 26.3 Å². The minimum Gasteiger partial charge on any atom is -0.491 e. The predicted molar refractivity (Wildman–Crippen MR) is 100 cm³/mol. The predicted octanol–water partition coefficient (Wildman–Crippen LogP) is 5.51. The molecule has 164 valence electrons. The van der Waals surface area contributed by atoms with Crippen LogP contribution in [-0.2, 0) is 9.84 Å². The zero-order valence-corrected chi connectivity index (χ0v) is 16.7. The summed E-state index contributed by atoms with van der Waals surface area (Å²) in [5, 5.41) is 0. The Morgan fingerprint density at radius 2 is 1.39 bits per heavy atom. The third-order valence-corrected chi connectivity index (χ3v) is 6.80. The van der Waals surface area contributed by atoms with Crippen LogP contribution in [0.5, 0.6) is 5.75 Å². The Kier molecular flexibility index (Phi) is 4.95. The highest BCUT2D eigenvalue weighted by atomic mass is 32.2. The number of hydrogen-bond acceptors (Lipinski definition) is 3. The first-order chi connectivity index (χ1) is 14.5. The summed E-state index contributed by atoms with van der Waals surface area (Å²) in [4.78, 5) is -0.629. The van der Waals surface area contributed by atoms with Crippen LogP contribution < -0.4 is 4.74 Å². The van der Waals surface area contributed by atoms with E-state index in [1.165, 1.54) is 18.2 Å². The van der Waals surface area contributed by atoms with Gasteiger partial charge in [0.05, 0.1) is 17.6 Å². The summed E-state index contributed by atoms with van der Waals surface area (Å²) in [7, 11) is -3.96. The van der Waals surface area contributed by atoms with Crippen molar-refractivity contribution in [3.63, 3.8) is 0 Å². The molecule has 0 atom stereocenters. The summed E-state index contributed by atoms with van der Waals surface area (Å²) >= 11 is 0. The second-order valence-electron chi connectivity index (χ2n) is 7.34. The quantitative estimate of drug-likeness (QED) is 0.437. The lowest BCUT2D eigenvalue weighted by Crippen LogP contribution is -2.11. The Labute approximate surface area is 173 Å². The Bertz CT molecular complexity index is 1210. The molecule has 1 saturated carbocycles. The minimum atomic E-state index is -4.83. The van der Waals surface area contributed by atoms with Crippen LogP contribution in [0.25, 0.3) is 11.1 Å². The summed E-state index contributed by atoms with van der Waals surface area (Å²) in [6, 6.07) is 4.27. The van der Waals surface area contributed by atoms with Gasteiger partial charge >= 0.3 is 5.76 Å². The van der Waals surface area contributed by atoms with E-state index in [4.69, 9.17) is 0 Å². The average molecular weight is 460 g/mol. The van der Waals surface area contributed by atoms with Crippen LogP contribution in [0.3, 0.4) is 0 Å². The van der Waals surface area contributed by atoms with Gasteiger partial charge in [0.2, 0.25) is 21.5 Å². The number of methoxy groups -OCH3 is 1. The monoisotopic (exact) mass is 460 g/mol. The number of hydrogen-bond donors (Lipinski definition) is 0. The van der Waals surface area contributed by atoms with Crippen molar-refractivity contribution in [2.75, 3.05) is 7.11 Å². The van der Waals surface area contributed by atoms with Crippen LogP contribution >= 0.6 is 0 Å². The topological polar surface area (TPSA) is 43.4 Å². The maximum atomic E-state index is 14.7. The van der Waals surface area contributed by atoms with Gasteiger partial charge in [-0.1, -0.05) is 24.3 Å². The van der Waals surface area contributed by atoms with Crippen molar-refractivity contribution in [3.05, 3.63) is 70.8 Å². The Hall–Kier alpha value is -2.75. The second-order valence-corrected chi connectivity index (χ2v) is 9.26. The molecule has 0 unspecified atom stereocenters. The lowest BCUT2D eigenvalue weighted by Gasteiger charge is -2.15. The van der Waals surface area contributed by atoms with Crippen molar-refractivity contribution in [1.82, 2.24) is 0 Å². The number of rotatable bonds is 5. The summed E-state index contributed by atoms with van der Waals surface area (Å²) in [5.41, 5.74) is -1.11. The molecule has 1 fully saturated rings. The Balaban J connectivity index is 1.84. The molecule has 2 aliphatic carbocycles. The maximum absolute atomic E-state index is 14.7. The van der Waals surface area contributed by atoms with E-state index in [1.807, 2.05) is 0 Å². The number of halogens is 6. The van der Waals surface area contributed by atoms with Gasteiger partial charge in [-0.25, -0.2) is 17.2 Å². The van der Waals surface area contributed by atoms with Crippen molar-refractivity contribution >= 4 is 21.0 Å². The molecule has 0 aromatic heterocycles. The zero-order chi connectivity index (χ0) is 22.7. The van der Waals surface area contributed by atoms with E-state index in [2.05, 4.69) is 4.74 Å². The number of benzene rings is 2. The number of sulfone groups is 1. The lowest BCUT2D eigenvalue weighted by atomic mass is 9.94. The molecule has 0 aliphatic heterocycles. The number of alkyl halides is 2. The maximum Gasteiger partial charge on any atom is 0.341 e. The van der Waals surface area contributed by atoms with E-state index in [-0.39, 0.29) is 16.7 Å². The third kappa shape index (κ3) is 3.33. The third-order valence-electron chi connectivity index (χ3n) is 5.41. The highest BCUT2D eigenvalue weighted by Gasteiger charge is 2.45. The number of allylic oxidation sites excluding steroid dienone is 4. The summed E-state index contributed by atoms with van der Waals surface area (Å²) in [6.07, 6.45) is 4.45. The zero-order valence-electron chi connectivity index (χ0n) is 15.9. The van der Waals surface area contributed by atoms with Gasteiger partial charge in [0.15, 0.2) is 17.4 Å². The fourth-order valence-corrected chi connectivity index (χ4v) is 4.33. The fraction of sp³-hybridized carbons (Fsp3) is 0.238. The van der Waals surface area contributed by atoms with Gasteiger partial charge in [0.1, 0.15) is 0 Å². The lowest BCUT2D eigenvalue weighted by molar-refractivity contribution is 0.234. The van der Waals surface area contributed by atoms with Gasteiger partial charge < -0.3 is 4.74 Å². The molecule has 2 aromatic rings. The second kappa shape index (κ2) is 7.15. The van der Waals surface area contributed by atoms with Crippen LogP contribution in [0.15, 0.2) is 41.3 Å². The largest absolute Gasteiger partial charge is 0.491 e. The first-order valence-electron chi connectivity index (χ1n) is 9.01. The van der Waals surface area contributed by atoms with Crippen molar-refractivity contribution in [2.45, 2.75) is 23.5 Å². The summed E-state index contributed by atoms with van der Waals surface area (Å²) in [5.74, 6) is -11.4. The first-order valence-corrected chi connectivity index (χ1v) is 10.6. The van der Waals surface area contributed by atoms with Crippen molar-refractivity contribution in [2.24, 2.45) is 5.41 Å². The molecule has 10 heteroatoms. The average Bonchev–Trinajstić information content (AvgIpc) is 3.39. The standard InChI is InChI=1S/C21H14F6O3S/c1-30-19-17(24)15(22)14(16(23)18(19)25)13-9-21(6-7-21)8-12(13)10-2-4-11(5-3-10)31(28,29)20(26)27/h2-5,8-9,20H,6-7H2,1H3. The fourth-order valence-electron chi connectivity index (χ4n) is 3.61. The van der Waals surface area contributed by atoms with E-state index in [1.54, 1.807) is 6.08 Å². The van der Waals surface area contributed by atoms with Gasteiger partial charge in [-0.15, -0.1) is 0 Å². The molecular weight excluding hydrogens is 446 g/mol. The van der Waals surface area contributed by atoms with E-state index in [0.717, 1.165) is 19.2 Å². The molecule has 0 N–H and O–H groups in total. The highest BCUT2D eigenvalue weighted by molar-refractivity contribution is 7.91. The molecule has 3 nitrogen and oxygen atoms in total. The number of ether oxygens (including phenoxy) is 1. The molecular formula is C21H14F6O3S. The van der Waals surface area contributed by atoms with Crippen LogP contribution in [-0.4, -0.2) is 21.3 Å². The van der Waals surface area contributed by atoms with E-state index < -0.39 is 60.5 Å². The minimum absolute atomic E-state index is 0.114. The smallest absolute Gasteiger partial charge is 0.341 e. The SMILES string of the molecule is COc1c(F)c(F)c(C2=CC3(C=C2c2ccc(S(=O)(=O)C(F)F)cc2)CC3)c(F)c1F. The van der Waals surface area contributed by atoms with Gasteiger partial charge in [0.25, 0.3) is 0 Å². The highest BCUT2D eigenvalue weighted by Crippen LogP contribution is 2.58. The van der Waals surface area contributed by atoms with E-state index >= 15 is 0 Å². The van der Waals surface area contributed by atoms with Gasteiger partial charge in [-0.05, 0) is 41.7 Å². The molecule has 0 radical (unpaired) electrons. The molecule has 31 heavy (non-hydrogen) atoms. The molecule has 0 heterocycles. The van der Waals surface area contributed by atoms with Gasteiger partial charge in [0, 0.05) is 5.41 Å². The normalized spacial score (nSPS) is 17.2. The molecule has 1 spiro atoms. The van der Waals surface area contributed by atoms with Gasteiger partial charge in [-0.3, -0.25) is 0 Å². The van der Waals surface area contributed by atoms with E-state index in [0.29, 0.717) is 12.8 Å². The molecule has 2 aromatic carbocycles. The van der Waals surface area contributed by atoms with Crippen LogP contribution in [0, 0.1) is 28.7 Å². The molecule has 0 bridgehead atoms. The first kappa shape index (κ1) is 21.5. The Morgan fingerprint density at radius 1 is 0.871 bits per heavy atom. The van der Waals surface area contributed by atoms with Crippen LogP contribution in [0.2, 0.25) is 0 Å². The van der Waals surface area contributed by atoms with Crippen molar-refractivity contribution in [1.29, 1.82) is 0 Å². The molecule has 4 rings (SSSR count). The molecule has 2 aliphatic rings. The van der Waals surface area contributed by atoms with E-state index in [9.17, 15) is 34.8 Å². The van der Waals surface area contributed by atoms with Crippen molar-refractivity contribution < 1.29 is 39.5 Å². The summed E-state index contributed by atoms with van der Waals surface area (Å²) in [6.45, 7) is 0. The van der Waals surface area contributed by atoms with Gasteiger partial charge in [-0.2, -0.15) is 17.6 Å². The molecule has 0 saturated heterocycles. The van der Waals surface area contributed by atoms with Crippen molar-refractivity contribution in [3.8, 4) is 5.75 Å². The van der Waals surface area contributed by atoms with Crippen LogP contribution in [0.1, 0.15) is 24.0 Å².